The highest BCUT2D eigenvalue weighted by Gasteiger charge is 2.23. The van der Waals surface area contributed by atoms with E-state index in [4.69, 9.17) is 4.42 Å². The molecule has 1 amide bonds. The quantitative estimate of drug-likeness (QED) is 0.637. The number of nitrogens with one attached hydrogen (secondary N) is 1. The van der Waals surface area contributed by atoms with Gasteiger partial charge in [0.25, 0.3) is 5.91 Å². The van der Waals surface area contributed by atoms with E-state index >= 15 is 0 Å². The summed E-state index contributed by atoms with van der Waals surface area (Å²) in [5, 5.41) is 13.8. The summed E-state index contributed by atoms with van der Waals surface area (Å²) < 4.78 is 6.55. The highest BCUT2D eigenvalue weighted by molar-refractivity contribution is 9.10. The Bertz CT molecular complexity index is 997. The molecule has 0 aliphatic heterocycles. The van der Waals surface area contributed by atoms with E-state index in [2.05, 4.69) is 27.3 Å². The Morgan fingerprint density at radius 3 is 2.96 bits per heavy atom. The van der Waals surface area contributed by atoms with Gasteiger partial charge in [0, 0.05) is 14.7 Å². The number of fused-ring (bicyclic) bond motifs is 2. The topological polar surface area (TPSA) is 66.0 Å². The second-order valence-corrected chi connectivity index (χ2v) is 7.79. The van der Waals surface area contributed by atoms with Crippen LogP contribution in [0.25, 0.3) is 11.0 Å². The number of nitrogens with zero attached hydrogens (tertiary/aromatic N) is 1. The number of hydrogen-bond acceptors (Lipinski definition) is 4. The van der Waals surface area contributed by atoms with Crippen molar-refractivity contribution in [2.75, 3.05) is 5.32 Å². The van der Waals surface area contributed by atoms with Gasteiger partial charge in [-0.15, -0.1) is 11.3 Å². The van der Waals surface area contributed by atoms with Crippen LogP contribution in [0.1, 0.15) is 39.4 Å². The fourth-order valence-corrected chi connectivity index (χ4v) is 4.68. The first-order valence-corrected chi connectivity index (χ1v) is 9.32. The fourth-order valence-electron chi connectivity index (χ4n) is 3.06. The van der Waals surface area contributed by atoms with E-state index in [1.165, 1.54) is 16.2 Å². The average Bonchev–Trinajstić information content (AvgIpc) is 3.14. The number of carbonyl (C=O) groups excluding carboxylic acids is 1. The predicted molar refractivity (Wildman–Crippen MR) is 97.5 cm³/mol. The Kier molecular flexibility index (Phi) is 3.91. The second-order valence-electron chi connectivity index (χ2n) is 5.77. The highest BCUT2D eigenvalue weighted by atomic mass is 79.9. The molecule has 4 rings (SSSR count). The maximum absolute atomic E-state index is 12.5. The molecule has 0 radical (unpaired) electrons. The van der Waals surface area contributed by atoms with Gasteiger partial charge < -0.3 is 9.73 Å². The molecule has 1 aliphatic rings. The zero-order chi connectivity index (χ0) is 16.7. The highest BCUT2D eigenvalue weighted by Crippen LogP contribution is 2.38. The second kappa shape index (κ2) is 6.08. The lowest BCUT2D eigenvalue weighted by atomic mass is 9.96. The molecule has 24 heavy (non-hydrogen) atoms. The van der Waals surface area contributed by atoms with E-state index in [1.807, 2.05) is 18.2 Å². The molecular formula is C18H13BrN2O2S. The van der Waals surface area contributed by atoms with Crippen LogP contribution in [-0.2, 0) is 12.8 Å². The molecule has 120 valence electrons. The van der Waals surface area contributed by atoms with Crippen molar-refractivity contribution >= 4 is 49.1 Å². The Morgan fingerprint density at radius 2 is 2.12 bits per heavy atom. The van der Waals surface area contributed by atoms with Crippen LogP contribution in [0.3, 0.4) is 0 Å². The van der Waals surface area contributed by atoms with Gasteiger partial charge in [-0.2, -0.15) is 5.26 Å². The Morgan fingerprint density at radius 1 is 1.29 bits per heavy atom. The Hall–Kier alpha value is -2.10. The zero-order valence-electron chi connectivity index (χ0n) is 12.7. The van der Waals surface area contributed by atoms with Gasteiger partial charge in [0.05, 0.1) is 5.56 Å². The van der Waals surface area contributed by atoms with E-state index in [9.17, 15) is 10.1 Å². The van der Waals surface area contributed by atoms with Crippen molar-refractivity contribution < 1.29 is 9.21 Å². The summed E-state index contributed by atoms with van der Waals surface area (Å²) >= 11 is 4.92. The largest absolute Gasteiger partial charge is 0.451 e. The van der Waals surface area contributed by atoms with Crippen LogP contribution < -0.4 is 5.32 Å². The SMILES string of the molecule is N#Cc1c(NC(=O)c2cc3cc(Br)ccc3o2)sc2c1CCCC2. The summed E-state index contributed by atoms with van der Waals surface area (Å²) in [6.07, 6.45) is 4.15. The molecule has 2 heterocycles. The minimum Gasteiger partial charge on any atom is -0.451 e. The van der Waals surface area contributed by atoms with E-state index in [0.29, 0.717) is 16.1 Å². The van der Waals surface area contributed by atoms with Gasteiger partial charge in [0.1, 0.15) is 16.7 Å². The van der Waals surface area contributed by atoms with Crippen molar-refractivity contribution in [1.29, 1.82) is 5.26 Å². The van der Waals surface area contributed by atoms with Crippen molar-refractivity contribution in [1.82, 2.24) is 0 Å². The maximum Gasteiger partial charge on any atom is 0.292 e. The first-order chi connectivity index (χ1) is 11.7. The minimum absolute atomic E-state index is 0.248. The third kappa shape index (κ3) is 2.64. The molecule has 0 saturated carbocycles. The van der Waals surface area contributed by atoms with Crippen molar-refractivity contribution in [3.8, 4) is 6.07 Å². The van der Waals surface area contributed by atoms with E-state index in [-0.39, 0.29) is 11.7 Å². The monoisotopic (exact) mass is 400 g/mol. The van der Waals surface area contributed by atoms with Crippen molar-refractivity contribution in [2.24, 2.45) is 0 Å². The summed E-state index contributed by atoms with van der Waals surface area (Å²) in [6.45, 7) is 0. The van der Waals surface area contributed by atoms with Gasteiger partial charge in [-0.25, -0.2) is 0 Å². The predicted octanol–water partition coefficient (Wildman–Crippen LogP) is 5.26. The lowest BCUT2D eigenvalue weighted by molar-refractivity contribution is 0.0999. The van der Waals surface area contributed by atoms with E-state index in [0.717, 1.165) is 41.1 Å². The first-order valence-electron chi connectivity index (χ1n) is 7.71. The van der Waals surface area contributed by atoms with E-state index < -0.39 is 0 Å². The summed E-state index contributed by atoms with van der Waals surface area (Å²) in [4.78, 5) is 13.8. The van der Waals surface area contributed by atoms with Crippen LogP contribution in [0.4, 0.5) is 5.00 Å². The van der Waals surface area contributed by atoms with Crippen LogP contribution in [0, 0.1) is 11.3 Å². The zero-order valence-corrected chi connectivity index (χ0v) is 15.1. The van der Waals surface area contributed by atoms with Crippen LogP contribution in [0.5, 0.6) is 0 Å². The lowest BCUT2D eigenvalue weighted by Crippen LogP contribution is -2.10. The van der Waals surface area contributed by atoms with Crippen LogP contribution >= 0.6 is 27.3 Å². The number of nitriles is 1. The molecule has 0 bridgehead atoms. The van der Waals surface area contributed by atoms with Crippen LogP contribution in [-0.4, -0.2) is 5.91 Å². The number of amides is 1. The van der Waals surface area contributed by atoms with Crippen LogP contribution in [0.2, 0.25) is 0 Å². The Labute approximate surface area is 151 Å². The van der Waals surface area contributed by atoms with Gasteiger partial charge in [-0.05, 0) is 55.5 Å². The number of anilines is 1. The minimum atomic E-state index is -0.322. The molecule has 1 aromatic carbocycles. The first kappa shape index (κ1) is 15.4. The molecule has 0 fully saturated rings. The van der Waals surface area contributed by atoms with Gasteiger partial charge >= 0.3 is 0 Å². The van der Waals surface area contributed by atoms with E-state index in [1.54, 1.807) is 6.07 Å². The number of thiophene rings is 1. The molecule has 4 nitrogen and oxygen atoms in total. The number of rotatable bonds is 2. The Balaban J connectivity index is 1.66. The molecular weight excluding hydrogens is 388 g/mol. The van der Waals surface area contributed by atoms with Gasteiger partial charge in [-0.1, -0.05) is 15.9 Å². The van der Waals surface area contributed by atoms with Crippen molar-refractivity contribution in [3.05, 3.63) is 50.5 Å². The molecule has 6 heteroatoms. The number of carbonyl (C=O) groups is 1. The average molecular weight is 401 g/mol. The number of aryl methyl sites for hydroxylation is 1. The third-order valence-corrected chi connectivity index (χ3v) is 5.91. The van der Waals surface area contributed by atoms with Crippen LogP contribution in [0.15, 0.2) is 33.2 Å². The maximum atomic E-state index is 12.5. The number of furan rings is 1. The number of hydrogen-bond donors (Lipinski definition) is 1. The molecule has 0 saturated heterocycles. The third-order valence-electron chi connectivity index (χ3n) is 4.21. The lowest BCUT2D eigenvalue weighted by Gasteiger charge is -2.09. The molecule has 1 N–H and O–H groups in total. The van der Waals surface area contributed by atoms with Gasteiger partial charge in [-0.3, -0.25) is 4.79 Å². The molecule has 0 atom stereocenters. The summed E-state index contributed by atoms with van der Waals surface area (Å²) in [5.41, 5.74) is 2.38. The smallest absolute Gasteiger partial charge is 0.292 e. The molecule has 0 unspecified atom stereocenters. The molecule has 0 spiro atoms. The summed E-state index contributed by atoms with van der Waals surface area (Å²) in [7, 11) is 0. The molecule has 1 aliphatic carbocycles. The summed E-state index contributed by atoms with van der Waals surface area (Å²) in [6, 6.07) is 9.56. The van der Waals surface area contributed by atoms with Crippen molar-refractivity contribution in [2.45, 2.75) is 25.7 Å². The molecule has 2 aromatic heterocycles. The molecule has 3 aromatic rings. The standard InChI is InChI=1S/C18H13BrN2O2S/c19-11-5-6-14-10(7-11)8-15(23-14)17(22)21-18-13(9-20)12-3-1-2-4-16(12)24-18/h5-8H,1-4H2,(H,21,22). The normalized spacial score (nSPS) is 13.5. The summed E-state index contributed by atoms with van der Waals surface area (Å²) in [5.74, 6) is -0.0734. The van der Waals surface area contributed by atoms with Gasteiger partial charge in [0.2, 0.25) is 0 Å². The number of benzene rings is 1. The fraction of sp³-hybridized carbons (Fsp3) is 0.222. The van der Waals surface area contributed by atoms with Gasteiger partial charge in [0.15, 0.2) is 5.76 Å². The van der Waals surface area contributed by atoms with Crippen molar-refractivity contribution in [3.63, 3.8) is 0 Å². The number of halogens is 1.